The van der Waals surface area contributed by atoms with Crippen molar-refractivity contribution in [2.24, 2.45) is 7.05 Å². The first-order valence-electron chi connectivity index (χ1n) is 11.6. The molecule has 1 N–H and O–H groups in total. The maximum Gasteiger partial charge on any atom is 0.419 e. The molecule has 2 aromatic carbocycles. The van der Waals surface area contributed by atoms with Crippen molar-refractivity contribution >= 4 is 27.5 Å². The number of aromatic nitrogens is 2. The van der Waals surface area contributed by atoms with Crippen molar-refractivity contribution in [3.8, 4) is 17.0 Å². The number of halogens is 5. The Balaban J connectivity index is 1.54. The van der Waals surface area contributed by atoms with Crippen LogP contribution in [0.3, 0.4) is 0 Å². The maximum atomic E-state index is 14.0. The minimum Gasteiger partial charge on any atom is -0.492 e. The molecule has 1 saturated heterocycles. The topological polar surface area (TPSA) is 68.6 Å². The summed E-state index contributed by atoms with van der Waals surface area (Å²) in [4.78, 5) is 15.0. The predicted octanol–water partition coefficient (Wildman–Crippen LogP) is 5.36. The van der Waals surface area contributed by atoms with Crippen LogP contribution in [0, 0.1) is 5.82 Å². The lowest BCUT2D eigenvalue weighted by molar-refractivity contribution is -0.140. The van der Waals surface area contributed by atoms with Crippen molar-refractivity contribution in [1.29, 1.82) is 0 Å². The van der Waals surface area contributed by atoms with Gasteiger partial charge in [0.1, 0.15) is 18.2 Å². The molecule has 198 valence electrons. The predicted molar refractivity (Wildman–Crippen MR) is 133 cm³/mol. The first kappa shape index (κ1) is 27.1. The molecular weight excluding hydrogens is 560 g/mol. The second-order valence-corrected chi connectivity index (χ2v) is 9.33. The van der Waals surface area contributed by atoms with Crippen molar-refractivity contribution in [1.82, 2.24) is 14.7 Å². The molecule has 1 aromatic heterocycles. The highest BCUT2D eigenvalue weighted by atomic mass is 79.9. The van der Waals surface area contributed by atoms with E-state index in [9.17, 15) is 22.4 Å². The third-order valence-electron chi connectivity index (χ3n) is 5.90. The van der Waals surface area contributed by atoms with Gasteiger partial charge in [-0.1, -0.05) is 0 Å². The van der Waals surface area contributed by atoms with Gasteiger partial charge in [0, 0.05) is 50.1 Å². The highest BCUT2D eigenvalue weighted by molar-refractivity contribution is 9.10. The van der Waals surface area contributed by atoms with E-state index >= 15 is 0 Å². The first-order valence-corrected chi connectivity index (χ1v) is 12.4. The van der Waals surface area contributed by atoms with Crippen LogP contribution in [0.1, 0.15) is 22.3 Å². The van der Waals surface area contributed by atoms with Crippen LogP contribution in [0.5, 0.6) is 5.75 Å². The highest BCUT2D eigenvalue weighted by Gasteiger charge is 2.34. The molecule has 0 atom stereocenters. The van der Waals surface area contributed by atoms with E-state index in [0.29, 0.717) is 59.1 Å². The maximum absolute atomic E-state index is 14.0. The average molecular weight is 585 g/mol. The molecular formula is C25H25BrF4N4O3. The number of alkyl halides is 3. The van der Waals surface area contributed by atoms with Gasteiger partial charge in [-0.15, -0.1) is 0 Å². The van der Waals surface area contributed by atoms with E-state index in [1.165, 1.54) is 0 Å². The number of rotatable bonds is 7. The summed E-state index contributed by atoms with van der Waals surface area (Å²) in [6.45, 7) is 4.34. The largest absolute Gasteiger partial charge is 0.492 e. The van der Waals surface area contributed by atoms with Crippen LogP contribution < -0.4 is 10.1 Å². The summed E-state index contributed by atoms with van der Waals surface area (Å²) in [5.74, 6) is -1.70. The zero-order valence-corrected chi connectivity index (χ0v) is 21.5. The molecule has 0 bridgehead atoms. The Morgan fingerprint density at radius 2 is 2.00 bits per heavy atom. The van der Waals surface area contributed by atoms with Crippen LogP contribution in [0.25, 0.3) is 11.3 Å². The van der Waals surface area contributed by atoms with Gasteiger partial charge in [0.2, 0.25) is 0 Å². The van der Waals surface area contributed by atoms with Crippen LogP contribution in [-0.2, 0) is 18.0 Å². The van der Waals surface area contributed by atoms with Gasteiger partial charge in [-0.2, -0.15) is 18.3 Å². The second-order valence-electron chi connectivity index (χ2n) is 8.48. The van der Waals surface area contributed by atoms with Gasteiger partial charge in [0.25, 0.3) is 5.91 Å². The summed E-state index contributed by atoms with van der Waals surface area (Å²) in [7, 11) is 1.76. The molecule has 1 aliphatic heterocycles. The second kappa shape index (κ2) is 11.6. The van der Waals surface area contributed by atoms with Gasteiger partial charge in [0.15, 0.2) is 0 Å². The number of benzene rings is 2. The number of carbonyl (C=O) groups is 1. The Hall–Kier alpha value is -2.96. The fourth-order valence-electron chi connectivity index (χ4n) is 4.03. The normalized spacial score (nSPS) is 14.9. The summed E-state index contributed by atoms with van der Waals surface area (Å²) in [6, 6.07) is 7.04. The number of aryl methyl sites for hydroxylation is 1. The summed E-state index contributed by atoms with van der Waals surface area (Å²) in [5.41, 5.74) is 0.0276. The van der Waals surface area contributed by atoms with Gasteiger partial charge >= 0.3 is 6.18 Å². The SMILES string of the molecule is Cn1ncc(Br)c1-c1cc(NC(=O)c2ccc(C(F)(F)F)c(F)c2)ccc1OCCN1CCCOCC1. The standard InChI is InChI=1S/C25H25BrF4N4O3/c1-33-23(20(26)15-31-33)18-14-17(4-6-22(18)37-12-9-34-7-2-10-36-11-8-34)32-24(35)16-3-5-19(21(27)13-16)25(28,29)30/h3-6,13-15H,2,7-12H2,1H3,(H,32,35). The molecule has 0 spiro atoms. The lowest BCUT2D eigenvalue weighted by atomic mass is 10.1. The summed E-state index contributed by atoms with van der Waals surface area (Å²) < 4.78 is 66.5. The number of nitrogens with zero attached hydrogens (tertiary/aromatic N) is 3. The molecule has 3 aromatic rings. The van der Waals surface area contributed by atoms with E-state index in [1.54, 1.807) is 36.1 Å². The van der Waals surface area contributed by atoms with Crippen LogP contribution in [0.15, 0.2) is 47.1 Å². The number of ether oxygens (including phenoxy) is 2. The zero-order valence-electron chi connectivity index (χ0n) is 19.9. The molecule has 2 heterocycles. The molecule has 37 heavy (non-hydrogen) atoms. The van der Waals surface area contributed by atoms with Crippen LogP contribution in [0.4, 0.5) is 23.2 Å². The van der Waals surface area contributed by atoms with Crippen molar-refractivity contribution in [3.05, 3.63) is 64.0 Å². The Kier molecular flexibility index (Phi) is 8.50. The summed E-state index contributed by atoms with van der Waals surface area (Å²) in [5, 5.41) is 6.86. The van der Waals surface area contributed by atoms with Crippen molar-refractivity contribution in [2.75, 3.05) is 44.8 Å². The quantitative estimate of drug-likeness (QED) is 0.379. The molecule has 0 aliphatic carbocycles. The molecule has 4 rings (SSSR count). The average Bonchev–Trinajstić information content (AvgIpc) is 3.01. The van der Waals surface area contributed by atoms with E-state index in [1.807, 2.05) is 0 Å². The number of amides is 1. The summed E-state index contributed by atoms with van der Waals surface area (Å²) in [6.07, 6.45) is -2.25. The number of carbonyl (C=O) groups excluding carboxylic acids is 1. The Labute approximate surface area is 219 Å². The number of hydrogen-bond donors (Lipinski definition) is 1. The lowest BCUT2D eigenvalue weighted by Gasteiger charge is -2.20. The molecule has 1 amide bonds. The smallest absolute Gasteiger partial charge is 0.419 e. The molecule has 0 radical (unpaired) electrons. The van der Waals surface area contributed by atoms with E-state index < -0.39 is 23.5 Å². The van der Waals surface area contributed by atoms with E-state index in [2.05, 4.69) is 31.2 Å². The first-order chi connectivity index (χ1) is 17.6. The van der Waals surface area contributed by atoms with E-state index in [0.717, 1.165) is 32.2 Å². The van der Waals surface area contributed by atoms with Gasteiger partial charge in [0.05, 0.1) is 28.5 Å². The van der Waals surface area contributed by atoms with Gasteiger partial charge in [-0.05, 0) is 58.7 Å². The minimum atomic E-state index is -4.85. The summed E-state index contributed by atoms with van der Waals surface area (Å²) >= 11 is 3.49. The number of anilines is 1. The molecule has 7 nitrogen and oxygen atoms in total. The van der Waals surface area contributed by atoms with Crippen LogP contribution in [-0.4, -0.2) is 60.0 Å². The monoisotopic (exact) mass is 584 g/mol. The fourth-order valence-corrected chi connectivity index (χ4v) is 4.59. The van der Waals surface area contributed by atoms with Crippen LogP contribution in [0.2, 0.25) is 0 Å². The van der Waals surface area contributed by atoms with Gasteiger partial charge < -0.3 is 14.8 Å². The molecule has 1 fully saturated rings. The van der Waals surface area contributed by atoms with Crippen molar-refractivity contribution in [3.63, 3.8) is 0 Å². The van der Waals surface area contributed by atoms with E-state index in [-0.39, 0.29) is 5.56 Å². The number of hydrogen-bond acceptors (Lipinski definition) is 5. The molecule has 1 aliphatic rings. The molecule has 12 heteroatoms. The van der Waals surface area contributed by atoms with Gasteiger partial charge in [-0.3, -0.25) is 14.4 Å². The Bertz CT molecular complexity index is 1240. The zero-order chi connectivity index (χ0) is 26.6. The lowest BCUT2D eigenvalue weighted by Crippen LogP contribution is -2.30. The van der Waals surface area contributed by atoms with Crippen LogP contribution >= 0.6 is 15.9 Å². The molecule has 0 saturated carbocycles. The van der Waals surface area contributed by atoms with Crippen molar-refractivity contribution < 1.29 is 31.8 Å². The fraction of sp³-hybridized carbons (Fsp3) is 0.360. The third kappa shape index (κ3) is 6.68. The third-order valence-corrected chi connectivity index (χ3v) is 6.48. The Morgan fingerprint density at radius 1 is 1.19 bits per heavy atom. The number of nitrogens with one attached hydrogen (secondary N) is 1. The van der Waals surface area contributed by atoms with E-state index in [4.69, 9.17) is 9.47 Å². The highest BCUT2D eigenvalue weighted by Crippen LogP contribution is 2.37. The molecule has 0 unspecified atom stereocenters. The van der Waals surface area contributed by atoms with Crippen molar-refractivity contribution in [2.45, 2.75) is 12.6 Å². The minimum absolute atomic E-state index is 0.240. The Morgan fingerprint density at radius 3 is 2.70 bits per heavy atom. The van der Waals surface area contributed by atoms with Gasteiger partial charge in [-0.25, -0.2) is 4.39 Å².